The molecule has 0 spiro atoms. The predicted molar refractivity (Wildman–Crippen MR) is 81.4 cm³/mol. The van der Waals surface area contributed by atoms with Crippen LogP contribution >= 0.6 is 0 Å². The summed E-state index contributed by atoms with van der Waals surface area (Å²) in [7, 11) is 0. The van der Waals surface area contributed by atoms with E-state index in [-0.39, 0.29) is 6.61 Å². The minimum Gasteiger partial charge on any atom is -0.439 e. The van der Waals surface area contributed by atoms with Gasteiger partial charge in [-0.15, -0.1) is 0 Å². The SMILES string of the molecule is OCCc1ccc(Oc2ncccc2CNC2CC2)cc1. The van der Waals surface area contributed by atoms with Crippen LogP contribution in [0.2, 0.25) is 0 Å². The molecule has 1 aromatic heterocycles. The van der Waals surface area contributed by atoms with Gasteiger partial charge < -0.3 is 15.2 Å². The van der Waals surface area contributed by atoms with Crippen molar-refractivity contribution in [1.82, 2.24) is 10.3 Å². The second-order valence-electron chi connectivity index (χ2n) is 5.34. The lowest BCUT2D eigenvalue weighted by molar-refractivity contribution is 0.299. The second-order valence-corrected chi connectivity index (χ2v) is 5.34. The first-order chi connectivity index (χ1) is 10.3. The van der Waals surface area contributed by atoms with Crippen molar-refractivity contribution >= 4 is 0 Å². The number of aliphatic hydroxyl groups is 1. The van der Waals surface area contributed by atoms with Crippen molar-refractivity contribution in [1.29, 1.82) is 0 Å². The van der Waals surface area contributed by atoms with Gasteiger partial charge in [0.05, 0.1) is 0 Å². The number of nitrogens with one attached hydrogen (secondary N) is 1. The van der Waals surface area contributed by atoms with E-state index in [0.29, 0.717) is 18.3 Å². The molecular formula is C17H20N2O2. The third-order valence-electron chi connectivity index (χ3n) is 3.55. The van der Waals surface area contributed by atoms with Crippen LogP contribution in [0, 0.1) is 0 Å². The Labute approximate surface area is 124 Å². The molecule has 1 aromatic carbocycles. The summed E-state index contributed by atoms with van der Waals surface area (Å²) in [5.41, 5.74) is 2.17. The molecule has 0 saturated heterocycles. The summed E-state index contributed by atoms with van der Waals surface area (Å²) >= 11 is 0. The molecule has 21 heavy (non-hydrogen) atoms. The summed E-state index contributed by atoms with van der Waals surface area (Å²) < 4.78 is 5.88. The lowest BCUT2D eigenvalue weighted by atomic mass is 10.1. The van der Waals surface area contributed by atoms with E-state index >= 15 is 0 Å². The van der Waals surface area contributed by atoms with E-state index in [1.807, 2.05) is 36.4 Å². The van der Waals surface area contributed by atoms with Crippen LogP contribution in [-0.4, -0.2) is 22.7 Å². The highest BCUT2D eigenvalue weighted by Crippen LogP contribution is 2.25. The monoisotopic (exact) mass is 284 g/mol. The van der Waals surface area contributed by atoms with E-state index in [4.69, 9.17) is 9.84 Å². The molecule has 0 bridgehead atoms. The van der Waals surface area contributed by atoms with Crippen molar-refractivity contribution in [2.45, 2.75) is 31.8 Å². The van der Waals surface area contributed by atoms with Gasteiger partial charge in [0.2, 0.25) is 5.88 Å². The molecule has 3 rings (SSSR count). The summed E-state index contributed by atoms with van der Waals surface area (Å²) in [6, 6.07) is 12.4. The summed E-state index contributed by atoms with van der Waals surface area (Å²) in [6.45, 7) is 0.952. The van der Waals surface area contributed by atoms with Gasteiger partial charge in [0.1, 0.15) is 5.75 Å². The predicted octanol–water partition coefficient (Wildman–Crippen LogP) is 2.66. The van der Waals surface area contributed by atoms with Gasteiger partial charge >= 0.3 is 0 Å². The van der Waals surface area contributed by atoms with E-state index < -0.39 is 0 Å². The topological polar surface area (TPSA) is 54.4 Å². The summed E-state index contributed by atoms with van der Waals surface area (Å²) in [5.74, 6) is 1.42. The van der Waals surface area contributed by atoms with E-state index in [0.717, 1.165) is 23.4 Å². The average Bonchev–Trinajstić information content (AvgIpc) is 3.33. The summed E-state index contributed by atoms with van der Waals surface area (Å²) in [4.78, 5) is 4.33. The maximum Gasteiger partial charge on any atom is 0.223 e. The molecule has 1 aliphatic rings. The van der Waals surface area contributed by atoms with Crippen molar-refractivity contribution in [2.75, 3.05) is 6.61 Å². The molecule has 0 aliphatic heterocycles. The molecule has 1 aliphatic carbocycles. The molecule has 0 radical (unpaired) electrons. The molecule has 4 nitrogen and oxygen atoms in total. The third-order valence-corrected chi connectivity index (χ3v) is 3.55. The fraction of sp³-hybridized carbons (Fsp3) is 0.353. The van der Waals surface area contributed by atoms with Crippen molar-refractivity contribution in [2.24, 2.45) is 0 Å². The standard InChI is InChI=1S/C17H20N2O2/c20-11-9-13-3-7-16(8-4-13)21-17-14(2-1-10-18-17)12-19-15-5-6-15/h1-4,7-8,10,15,19-20H,5-6,9,11-12H2. The third kappa shape index (κ3) is 4.03. The van der Waals surface area contributed by atoms with Gasteiger partial charge in [0, 0.05) is 31.0 Å². The Balaban J connectivity index is 1.68. The zero-order chi connectivity index (χ0) is 14.5. The Morgan fingerprint density at radius 3 is 2.71 bits per heavy atom. The van der Waals surface area contributed by atoms with Gasteiger partial charge in [-0.2, -0.15) is 0 Å². The van der Waals surface area contributed by atoms with Gasteiger partial charge in [0.15, 0.2) is 0 Å². The molecule has 110 valence electrons. The van der Waals surface area contributed by atoms with Crippen LogP contribution in [0.15, 0.2) is 42.6 Å². The Morgan fingerprint density at radius 1 is 1.19 bits per heavy atom. The van der Waals surface area contributed by atoms with Crippen molar-refractivity contribution in [3.8, 4) is 11.6 Å². The zero-order valence-electron chi connectivity index (χ0n) is 12.0. The highest BCUT2D eigenvalue weighted by atomic mass is 16.5. The van der Waals surface area contributed by atoms with E-state index in [1.165, 1.54) is 12.8 Å². The molecule has 2 aromatic rings. The van der Waals surface area contributed by atoms with Crippen molar-refractivity contribution in [3.63, 3.8) is 0 Å². The van der Waals surface area contributed by atoms with Crippen LogP contribution in [0.3, 0.4) is 0 Å². The maximum atomic E-state index is 8.92. The van der Waals surface area contributed by atoms with Crippen molar-refractivity contribution < 1.29 is 9.84 Å². The largest absolute Gasteiger partial charge is 0.439 e. The molecule has 0 atom stereocenters. The van der Waals surface area contributed by atoms with Crippen LogP contribution in [0.1, 0.15) is 24.0 Å². The van der Waals surface area contributed by atoms with E-state index in [2.05, 4.69) is 10.3 Å². The smallest absolute Gasteiger partial charge is 0.223 e. The Kier molecular flexibility index (Phi) is 4.48. The van der Waals surface area contributed by atoms with Crippen LogP contribution in [0.4, 0.5) is 0 Å². The molecular weight excluding hydrogens is 264 g/mol. The lowest BCUT2D eigenvalue weighted by Crippen LogP contribution is -2.16. The normalized spacial score (nSPS) is 14.1. The quantitative estimate of drug-likeness (QED) is 0.820. The minimum absolute atomic E-state index is 0.164. The highest BCUT2D eigenvalue weighted by Gasteiger charge is 2.20. The summed E-state index contributed by atoms with van der Waals surface area (Å²) in [5, 5.41) is 12.4. The van der Waals surface area contributed by atoms with Gasteiger partial charge in [0.25, 0.3) is 0 Å². The first-order valence-electron chi connectivity index (χ1n) is 7.40. The lowest BCUT2D eigenvalue weighted by Gasteiger charge is -2.10. The molecule has 2 N–H and O–H groups in total. The fourth-order valence-electron chi connectivity index (χ4n) is 2.16. The number of rotatable bonds is 7. The number of benzene rings is 1. The fourth-order valence-corrected chi connectivity index (χ4v) is 2.16. The average molecular weight is 284 g/mol. The van der Waals surface area contributed by atoms with Crippen LogP contribution in [0.5, 0.6) is 11.6 Å². The number of ether oxygens (including phenoxy) is 1. The van der Waals surface area contributed by atoms with Gasteiger partial charge in [-0.25, -0.2) is 4.98 Å². The molecule has 1 heterocycles. The van der Waals surface area contributed by atoms with Gasteiger partial charge in [-0.1, -0.05) is 18.2 Å². The van der Waals surface area contributed by atoms with E-state index in [1.54, 1.807) is 6.20 Å². The number of nitrogens with zero attached hydrogens (tertiary/aromatic N) is 1. The van der Waals surface area contributed by atoms with Crippen LogP contribution in [-0.2, 0) is 13.0 Å². The maximum absolute atomic E-state index is 8.92. The number of aliphatic hydroxyl groups excluding tert-OH is 1. The Bertz CT molecular complexity index is 580. The molecule has 0 unspecified atom stereocenters. The Hall–Kier alpha value is -1.91. The number of pyridine rings is 1. The van der Waals surface area contributed by atoms with Crippen LogP contribution < -0.4 is 10.1 Å². The van der Waals surface area contributed by atoms with Crippen LogP contribution in [0.25, 0.3) is 0 Å². The highest BCUT2D eigenvalue weighted by molar-refractivity contribution is 5.34. The van der Waals surface area contributed by atoms with Crippen molar-refractivity contribution in [3.05, 3.63) is 53.7 Å². The first-order valence-corrected chi connectivity index (χ1v) is 7.40. The first kappa shape index (κ1) is 14.0. The number of hydrogen-bond donors (Lipinski definition) is 2. The Morgan fingerprint density at radius 2 is 2.00 bits per heavy atom. The minimum atomic E-state index is 0.164. The number of aromatic nitrogens is 1. The van der Waals surface area contributed by atoms with E-state index in [9.17, 15) is 0 Å². The van der Waals surface area contributed by atoms with Gasteiger partial charge in [-0.05, 0) is 43.0 Å². The molecule has 4 heteroatoms. The number of hydrogen-bond acceptors (Lipinski definition) is 4. The summed E-state index contributed by atoms with van der Waals surface area (Å²) in [6.07, 6.45) is 4.95. The van der Waals surface area contributed by atoms with Gasteiger partial charge in [-0.3, -0.25) is 0 Å². The second kappa shape index (κ2) is 6.70. The zero-order valence-corrected chi connectivity index (χ0v) is 12.0. The molecule has 1 fully saturated rings. The molecule has 0 amide bonds. The molecule has 1 saturated carbocycles.